The summed E-state index contributed by atoms with van der Waals surface area (Å²) in [4.78, 5) is 11.9. The van der Waals surface area contributed by atoms with Crippen LogP contribution in [0.25, 0.3) is 11.1 Å². The van der Waals surface area contributed by atoms with Crippen molar-refractivity contribution in [2.45, 2.75) is 59.8 Å². The molecule has 30 heavy (non-hydrogen) atoms. The van der Waals surface area contributed by atoms with Crippen LogP contribution in [-0.4, -0.2) is 17.9 Å². The molecule has 0 aliphatic rings. The SMILES string of the molecule is CCCCCCc1cc(C#N)c(-c2cc(C)c(C)cc2OC(=O)OCC)c(F)c1O. The summed E-state index contributed by atoms with van der Waals surface area (Å²) in [6, 6.07) is 6.78. The van der Waals surface area contributed by atoms with Gasteiger partial charge >= 0.3 is 6.16 Å². The number of carbonyl (C=O) groups is 1. The number of phenolic OH excluding ortho intramolecular Hbond substituents is 1. The van der Waals surface area contributed by atoms with Crippen molar-refractivity contribution in [2.75, 3.05) is 6.61 Å². The second-order valence-electron chi connectivity index (χ2n) is 7.26. The van der Waals surface area contributed by atoms with Gasteiger partial charge in [0.2, 0.25) is 0 Å². The lowest BCUT2D eigenvalue weighted by Crippen LogP contribution is -2.11. The van der Waals surface area contributed by atoms with E-state index in [0.717, 1.165) is 36.8 Å². The molecule has 160 valence electrons. The number of halogens is 1. The van der Waals surface area contributed by atoms with E-state index in [-0.39, 0.29) is 29.0 Å². The predicted octanol–water partition coefficient (Wildman–Crippen LogP) is 6.34. The van der Waals surface area contributed by atoms with E-state index < -0.39 is 17.7 Å². The van der Waals surface area contributed by atoms with Crippen molar-refractivity contribution in [1.82, 2.24) is 0 Å². The minimum absolute atomic E-state index is 0.0713. The molecule has 0 aliphatic carbocycles. The Bertz CT molecular complexity index is 963. The number of nitrogens with zero attached hydrogens (tertiary/aromatic N) is 1. The van der Waals surface area contributed by atoms with Gasteiger partial charge in [-0.1, -0.05) is 26.2 Å². The summed E-state index contributed by atoms with van der Waals surface area (Å²) in [6.45, 7) is 7.53. The van der Waals surface area contributed by atoms with Gasteiger partial charge in [-0.05, 0) is 68.5 Å². The van der Waals surface area contributed by atoms with Gasteiger partial charge in [0.25, 0.3) is 0 Å². The summed E-state index contributed by atoms with van der Waals surface area (Å²) >= 11 is 0. The highest BCUT2D eigenvalue weighted by Gasteiger charge is 2.23. The third-order valence-corrected chi connectivity index (χ3v) is 5.06. The Kier molecular flexibility index (Phi) is 8.23. The minimum atomic E-state index is -0.919. The first-order valence-electron chi connectivity index (χ1n) is 10.2. The maximum Gasteiger partial charge on any atom is 0.513 e. The van der Waals surface area contributed by atoms with Crippen LogP contribution in [0.3, 0.4) is 0 Å². The molecule has 6 heteroatoms. The number of aryl methyl sites for hydroxylation is 3. The number of ether oxygens (including phenoxy) is 2. The molecule has 0 atom stereocenters. The fourth-order valence-electron chi connectivity index (χ4n) is 3.28. The largest absolute Gasteiger partial charge is 0.513 e. The molecule has 5 nitrogen and oxygen atoms in total. The molecule has 0 aromatic heterocycles. The zero-order valence-electron chi connectivity index (χ0n) is 18.0. The topological polar surface area (TPSA) is 79.5 Å². The lowest BCUT2D eigenvalue weighted by atomic mass is 9.92. The summed E-state index contributed by atoms with van der Waals surface area (Å²) in [5.41, 5.74) is 2.26. The smallest absolute Gasteiger partial charge is 0.505 e. The molecule has 2 aromatic carbocycles. The molecule has 0 heterocycles. The molecule has 0 saturated carbocycles. The van der Waals surface area contributed by atoms with E-state index in [2.05, 4.69) is 6.92 Å². The highest BCUT2D eigenvalue weighted by molar-refractivity contribution is 5.81. The number of phenols is 1. The normalized spacial score (nSPS) is 10.5. The molecule has 2 aromatic rings. The Morgan fingerprint density at radius 3 is 2.47 bits per heavy atom. The van der Waals surface area contributed by atoms with Gasteiger partial charge in [0.05, 0.1) is 18.2 Å². The average molecular weight is 413 g/mol. The van der Waals surface area contributed by atoms with Crippen LogP contribution >= 0.6 is 0 Å². The van der Waals surface area contributed by atoms with Crippen molar-refractivity contribution >= 4 is 6.16 Å². The van der Waals surface area contributed by atoms with Gasteiger partial charge in [-0.15, -0.1) is 0 Å². The Hall–Kier alpha value is -3.07. The average Bonchev–Trinajstić information content (AvgIpc) is 2.71. The predicted molar refractivity (Wildman–Crippen MR) is 113 cm³/mol. The number of benzene rings is 2. The second-order valence-corrected chi connectivity index (χ2v) is 7.26. The summed E-state index contributed by atoms with van der Waals surface area (Å²) in [6.07, 6.45) is 3.46. The van der Waals surface area contributed by atoms with E-state index in [4.69, 9.17) is 9.47 Å². The van der Waals surface area contributed by atoms with E-state index in [9.17, 15) is 15.2 Å². The number of nitriles is 1. The van der Waals surface area contributed by atoms with E-state index in [0.29, 0.717) is 12.0 Å². The van der Waals surface area contributed by atoms with Crippen LogP contribution < -0.4 is 4.74 Å². The number of aromatic hydroxyl groups is 1. The molecule has 1 N–H and O–H groups in total. The number of rotatable bonds is 8. The Morgan fingerprint density at radius 1 is 1.13 bits per heavy atom. The van der Waals surface area contributed by atoms with E-state index in [1.807, 2.05) is 19.9 Å². The van der Waals surface area contributed by atoms with Crippen LogP contribution in [0, 0.1) is 31.0 Å². The number of carbonyl (C=O) groups excluding carboxylic acids is 1. The molecule has 0 bridgehead atoms. The third-order valence-electron chi connectivity index (χ3n) is 5.06. The van der Waals surface area contributed by atoms with Gasteiger partial charge in [-0.3, -0.25) is 0 Å². The van der Waals surface area contributed by atoms with Crippen molar-refractivity contribution in [3.8, 4) is 28.7 Å². The minimum Gasteiger partial charge on any atom is -0.505 e. The van der Waals surface area contributed by atoms with Crippen LogP contribution in [0.2, 0.25) is 0 Å². The van der Waals surface area contributed by atoms with Crippen molar-refractivity contribution < 1.29 is 23.8 Å². The van der Waals surface area contributed by atoms with Gasteiger partial charge in [0, 0.05) is 11.1 Å². The Labute approximate surface area is 177 Å². The first kappa shape index (κ1) is 23.2. The molecular formula is C24H28FNO4. The van der Waals surface area contributed by atoms with E-state index in [1.165, 1.54) is 6.07 Å². The molecule has 0 radical (unpaired) electrons. The fraction of sp³-hybridized carbons (Fsp3) is 0.417. The van der Waals surface area contributed by atoms with E-state index in [1.54, 1.807) is 19.1 Å². The molecule has 2 rings (SSSR count). The zero-order chi connectivity index (χ0) is 22.3. The number of unbranched alkanes of at least 4 members (excludes halogenated alkanes) is 3. The summed E-state index contributed by atoms with van der Waals surface area (Å²) in [5, 5.41) is 20.2. The molecule has 0 fully saturated rings. The van der Waals surface area contributed by atoms with Crippen LogP contribution in [0.1, 0.15) is 61.8 Å². The lowest BCUT2D eigenvalue weighted by molar-refractivity contribution is 0.104. The van der Waals surface area contributed by atoms with Crippen molar-refractivity contribution in [2.24, 2.45) is 0 Å². The van der Waals surface area contributed by atoms with Gasteiger partial charge < -0.3 is 14.6 Å². The van der Waals surface area contributed by atoms with Gasteiger partial charge in [-0.2, -0.15) is 5.26 Å². The van der Waals surface area contributed by atoms with Crippen molar-refractivity contribution in [3.05, 3.63) is 46.3 Å². The Balaban J connectivity index is 2.57. The zero-order valence-corrected chi connectivity index (χ0v) is 18.0. The van der Waals surface area contributed by atoms with Gasteiger partial charge in [0.1, 0.15) is 5.75 Å². The number of hydrogen-bond acceptors (Lipinski definition) is 5. The molecule has 0 saturated heterocycles. The summed E-state index contributed by atoms with van der Waals surface area (Å²) < 4.78 is 25.4. The summed E-state index contributed by atoms with van der Waals surface area (Å²) in [7, 11) is 0. The highest BCUT2D eigenvalue weighted by Crippen LogP contribution is 2.41. The van der Waals surface area contributed by atoms with E-state index >= 15 is 4.39 Å². The maximum absolute atomic E-state index is 15.3. The first-order chi connectivity index (χ1) is 14.3. The molecule has 0 amide bonds. The maximum atomic E-state index is 15.3. The third kappa shape index (κ3) is 5.29. The number of hydrogen-bond donors (Lipinski definition) is 1. The van der Waals surface area contributed by atoms with Gasteiger partial charge in [-0.25, -0.2) is 9.18 Å². The fourth-order valence-corrected chi connectivity index (χ4v) is 3.28. The molecule has 0 spiro atoms. The molecular weight excluding hydrogens is 385 g/mol. The van der Waals surface area contributed by atoms with Crippen molar-refractivity contribution in [3.63, 3.8) is 0 Å². The van der Waals surface area contributed by atoms with Gasteiger partial charge in [0.15, 0.2) is 11.6 Å². The lowest BCUT2D eigenvalue weighted by Gasteiger charge is -2.16. The van der Waals surface area contributed by atoms with Crippen molar-refractivity contribution in [1.29, 1.82) is 5.26 Å². The van der Waals surface area contributed by atoms with Crippen LogP contribution in [0.4, 0.5) is 9.18 Å². The summed E-state index contributed by atoms with van der Waals surface area (Å²) in [5.74, 6) is -1.29. The first-order valence-corrected chi connectivity index (χ1v) is 10.2. The Morgan fingerprint density at radius 2 is 1.83 bits per heavy atom. The quantitative estimate of drug-likeness (QED) is 0.310. The highest BCUT2D eigenvalue weighted by atomic mass is 19.1. The standard InChI is InChI=1S/C24H28FNO4/c1-5-7-8-9-10-17-13-18(14-26)21(22(25)23(17)27)19-11-15(3)16(4)12-20(19)30-24(28)29-6-2/h11-13,27H,5-10H2,1-4H3. The van der Waals surface area contributed by atoms with Crippen LogP contribution in [-0.2, 0) is 11.2 Å². The van der Waals surface area contributed by atoms with Crippen LogP contribution in [0.5, 0.6) is 11.5 Å². The second kappa shape index (κ2) is 10.6. The molecule has 0 unspecified atom stereocenters. The molecule has 0 aliphatic heterocycles. The monoisotopic (exact) mass is 413 g/mol. The van der Waals surface area contributed by atoms with Crippen LogP contribution in [0.15, 0.2) is 18.2 Å².